The number of nitrogens with one attached hydrogen (secondary N) is 4. The summed E-state index contributed by atoms with van der Waals surface area (Å²) in [6.45, 7) is 11.7. The Kier molecular flexibility index (Phi) is 25.7. The molecule has 28 heteroatoms. The smallest absolute Gasteiger partial charge is 0.417 e. The first kappa shape index (κ1) is 89.5. The van der Waals surface area contributed by atoms with Gasteiger partial charge in [0.25, 0.3) is 35.9 Å². The number of oxazole rings is 1. The van der Waals surface area contributed by atoms with Crippen LogP contribution in [0.5, 0.6) is 0 Å². The van der Waals surface area contributed by atoms with E-state index in [0.717, 1.165) is 90.2 Å². The summed E-state index contributed by atoms with van der Waals surface area (Å²) in [5.74, 6) is -1.24. The minimum atomic E-state index is -4.72. The van der Waals surface area contributed by atoms with Crippen LogP contribution in [0.3, 0.4) is 0 Å². The Bertz CT molecular complexity index is 7830. The van der Waals surface area contributed by atoms with Gasteiger partial charge < -0.3 is 25.7 Å². The van der Waals surface area contributed by atoms with Gasteiger partial charge in [0.1, 0.15) is 23.7 Å². The number of alkyl halides is 5. The lowest BCUT2D eigenvalue weighted by molar-refractivity contribution is -0.137. The van der Waals surface area contributed by atoms with Crippen molar-refractivity contribution >= 4 is 68.4 Å². The summed E-state index contributed by atoms with van der Waals surface area (Å²) in [6, 6.07) is 75.1. The molecule has 0 saturated carbocycles. The molecule has 20 nitrogen and oxygen atoms in total. The molecule has 0 unspecified atom stereocenters. The lowest BCUT2D eigenvalue weighted by Crippen LogP contribution is -2.19. The minimum Gasteiger partial charge on any atom is -0.442 e. The van der Waals surface area contributed by atoms with E-state index in [1.165, 1.54) is 67.1 Å². The molecule has 20 rings (SSSR count). The van der Waals surface area contributed by atoms with Crippen LogP contribution in [0.4, 0.5) is 57.9 Å². The molecule has 668 valence electrons. The van der Waals surface area contributed by atoms with Crippen molar-refractivity contribution in [1.82, 2.24) is 52.5 Å². The Morgan fingerprint density at radius 1 is 0.341 bits per heavy atom. The molecule has 0 fully saturated rings. The minimum absolute atomic E-state index is 0.0154. The number of anilines is 4. The lowest BCUT2D eigenvalue weighted by atomic mass is 9.98. The van der Waals surface area contributed by atoms with E-state index in [9.17, 15) is 54.3 Å². The molecule has 10 aromatic heterocycles. The van der Waals surface area contributed by atoms with Crippen LogP contribution in [0.15, 0.2) is 346 Å². The van der Waals surface area contributed by atoms with Crippen LogP contribution in [-0.2, 0) is 6.18 Å². The van der Waals surface area contributed by atoms with E-state index in [1.807, 2.05) is 178 Å². The molecule has 0 saturated heterocycles. The number of benzene rings is 10. The maximum atomic E-state index is 14.4. The molecule has 0 aliphatic carbocycles. The Morgan fingerprint density at radius 2 is 0.719 bits per heavy atom. The predicted molar refractivity (Wildman–Crippen MR) is 506 cm³/mol. The van der Waals surface area contributed by atoms with Crippen molar-refractivity contribution in [2.75, 3.05) is 21.3 Å². The number of carbonyl (C=O) groups excluding carboxylic acids is 4. The number of fused-ring (bicyclic) bond motifs is 4. The molecule has 0 aliphatic heterocycles. The van der Waals surface area contributed by atoms with Gasteiger partial charge in [0.15, 0.2) is 23.3 Å². The van der Waals surface area contributed by atoms with E-state index in [-0.39, 0.29) is 28.8 Å². The van der Waals surface area contributed by atoms with E-state index in [2.05, 4.69) is 56.2 Å². The van der Waals surface area contributed by atoms with Gasteiger partial charge in [-0.05, 0) is 208 Å². The van der Waals surface area contributed by atoms with Crippen molar-refractivity contribution in [2.45, 2.75) is 54.1 Å². The molecule has 135 heavy (non-hydrogen) atoms. The zero-order chi connectivity index (χ0) is 94.3. The van der Waals surface area contributed by atoms with Crippen molar-refractivity contribution in [3.05, 3.63) is 426 Å². The quantitative estimate of drug-likeness (QED) is 0.0623. The molecule has 10 heterocycles. The molecule has 0 radical (unpaired) electrons. The zero-order valence-corrected chi connectivity index (χ0v) is 72.9. The number of halogens is 8. The Labute approximate surface area is 767 Å². The van der Waals surface area contributed by atoms with Crippen LogP contribution in [0.1, 0.15) is 92.4 Å². The van der Waals surface area contributed by atoms with E-state index in [4.69, 9.17) is 4.42 Å². The average molecular weight is 1810 g/mol. The maximum Gasteiger partial charge on any atom is 0.417 e. The van der Waals surface area contributed by atoms with Crippen molar-refractivity contribution in [3.63, 3.8) is 0 Å². The van der Waals surface area contributed by atoms with Crippen molar-refractivity contribution in [1.29, 1.82) is 0 Å². The molecule has 0 bridgehead atoms. The van der Waals surface area contributed by atoms with Crippen LogP contribution in [0, 0.1) is 59.0 Å². The normalized spacial score (nSPS) is 11.2. The number of imidazole rings is 4. The van der Waals surface area contributed by atoms with Gasteiger partial charge >= 0.3 is 6.18 Å². The second kappa shape index (κ2) is 38.7. The summed E-state index contributed by atoms with van der Waals surface area (Å²) in [7, 11) is 0. The number of carbonyl (C=O) groups is 4. The van der Waals surface area contributed by atoms with Gasteiger partial charge in [0.05, 0.1) is 69.7 Å². The van der Waals surface area contributed by atoms with E-state index >= 15 is 0 Å². The summed E-state index contributed by atoms with van der Waals surface area (Å²) in [4.78, 5) is 82.5. The maximum absolute atomic E-state index is 14.4. The summed E-state index contributed by atoms with van der Waals surface area (Å²) >= 11 is 0. The van der Waals surface area contributed by atoms with Crippen molar-refractivity contribution in [2.24, 2.45) is 0 Å². The molecule has 10 aromatic carbocycles. The highest BCUT2D eigenvalue weighted by Crippen LogP contribution is 2.40. The van der Waals surface area contributed by atoms with E-state index in [1.54, 1.807) is 143 Å². The number of amides is 4. The highest BCUT2D eigenvalue weighted by Gasteiger charge is 2.36. The summed E-state index contributed by atoms with van der Waals surface area (Å²) in [6.07, 6.45) is 12.9. The average Bonchev–Trinajstić information content (AvgIpc) is 1.62. The van der Waals surface area contributed by atoms with Gasteiger partial charge in [-0.2, -0.15) is 13.2 Å². The van der Waals surface area contributed by atoms with Crippen LogP contribution < -0.4 is 21.3 Å². The molecule has 0 spiro atoms. The van der Waals surface area contributed by atoms with Crippen LogP contribution in [-0.4, -0.2) is 76.1 Å². The predicted octanol–water partition coefficient (Wildman–Crippen LogP) is 25.7. The van der Waals surface area contributed by atoms with Gasteiger partial charge in [0, 0.05) is 110 Å². The first-order valence-corrected chi connectivity index (χ1v) is 42.3. The van der Waals surface area contributed by atoms with Gasteiger partial charge in [-0.1, -0.05) is 156 Å². The SMILES string of the molecule is Cc1ccc(NC(=O)c2cc(-c3cccn4c(-c5cccc(F)c5)ncc34)ccc2C(F)(F)F)cc1.Cc1ccc(NC(=O)c2cc(-c3cccn4c(-c5cccc(F)c5F)ncc34)ccc2C(F)F)cc1.Cc1ccc(NC(=O)c2cc(-c3cccn4c(-c5ncccn5)ncc34)ccc2C)cc1.Cc1ccc(NC(=O)c2cc(-c3cccn4c(-c5ncco5)ncc34)ccc2C)cc1. The number of hydrogen-bond acceptors (Lipinski definition) is 12. The first-order chi connectivity index (χ1) is 65.2. The second-order valence-corrected chi connectivity index (χ2v) is 31.8. The Hall–Kier alpha value is -17.4. The highest BCUT2D eigenvalue weighted by atomic mass is 19.4. The molecule has 20 aromatic rings. The number of nitrogens with zero attached hydrogens (tertiary/aromatic N) is 11. The number of aromatic nitrogens is 11. The third-order valence-electron chi connectivity index (χ3n) is 22.5. The molecule has 4 N–H and O–H groups in total. The number of aryl methyl sites for hydroxylation is 6. The Morgan fingerprint density at radius 3 is 1.16 bits per heavy atom. The standard InChI is InChI=1S/2C28H19F4N3O.C26H21N5O.C25H20N4O2/c1-16-7-10-18(11-8-16)34-28(36)22-14-17(9-12-20(22)26(31)32)19-5-3-13-35-24(19)15-33-27(35)21-4-2-6-23(29)25(21)30;1-17-7-10-21(11-8-17)34-27(36)23-15-18(9-12-24(23)28(30,31)32)22-6-3-13-35-25(22)16-33-26(35)19-4-2-5-20(29)14-19;1-17-6-10-20(11-7-17)30-26(32)22-15-19(9-8-18(22)2)21-5-3-14-31-23(21)16-29-25(31)24-27-12-4-13-28-24;1-16-5-9-19(10-6-16)28-24(30)21-14-18(8-7-17(21)2)20-4-3-12-29-22(20)15-27-23(29)25-26-11-13-31-25/h2-15,26H,1H3,(H,34,36);2-16H,1H3,(H,34,36);3-16H,1-2H3,(H,30,32);3-15H,1-2H3,(H,28,30). The monoisotopic (exact) mass is 1810 g/mol. The van der Waals surface area contributed by atoms with Crippen molar-refractivity contribution < 1.29 is 58.7 Å². The van der Waals surface area contributed by atoms with Crippen LogP contribution in [0.25, 0.3) is 113 Å². The molecule has 0 aliphatic rings. The van der Waals surface area contributed by atoms with E-state index < -0.39 is 58.6 Å². The largest absolute Gasteiger partial charge is 0.442 e. The fraction of sp³-hybridized carbons (Fsp3) is 0.0748. The fourth-order valence-electron chi connectivity index (χ4n) is 15.5. The highest BCUT2D eigenvalue weighted by molar-refractivity contribution is 6.09. The number of pyridine rings is 4. The van der Waals surface area contributed by atoms with Crippen LogP contribution in [0.2, 0.25) is 0 Å². The molecular formula is C107H79F8N15O5. The number of rotatable bonds is 17. The van der Waals surface area contributed by atoms with Gasteiger partial charge in [-0.25, -0.2) is 56.8 Å². The van der Waals surface area contributed by atoms with E-state index in [0.29, 0.717) is 90.5 Å². The number of hydrogen-bond donors (Lipinski definition) is 4. The summed E-state index contributed by atoms with van der Waals surface area (Å²) in [5.41, 5.74) is 17.0. The third kappa shape index (κ3) is 19.6. The lowest BCUT2D eigenvalue weighted by Gasteiger charge is -2.15. The van der Waals surface area contributed by atoms with Crippen LogP contribution >= 0.6 is 0 Å². The second-order valence-electron chi connectivity index (χ2n) is 31.8. The van der Waals surface area contributed by atoms with Crippen molar-refractivity contribution in [3.8, 4) is 90.6 Å². The van der Waals surface area contributed by atoms with Gasteiger partial charge in [-0.3, -0.25) is 36.8 Å². The third-order valence-corrected chi connectivity index (χ3v) is 22.5. The fourth-order valence-corrected chi connectivity index (χ4v) is 15.5. The first-order valence-electron chi connectivity index (χ1n) is 42.3. The summed E-state index contributed by atoms with van der Waals surface area (Å²) in [5, 5.41) is 11.2. The summed E-state index contributed by atoms with van der Waals surface area (Å²) < 4.78 is 124. The molecule has 4 amide bonds. The topological polar surface area (TPSA) is 237 Å². The van der Waals surface area contributed by atoms with Gasteiger partial charge in [0.2, 0.25) is 5.82 Å². The molecular weight excluding hydrogens is 1730 g/mol. The Balaban J connectivity index is 0.000000125. The molecule has 0 atom stereocenters. The zero-order valence-electron chi connectivity index (χ0n) is 72.9. The van der Waals surface area contributed by atoms with Gasteiger partial charge in [-0.15, -0.1) is 0 Å².